The highest BCUT2D eigenvalue weighted by atomic mass is 16.4. The SMILES string of the molecule is NC(=O)[C@H]1CCCN(Cc2nnc(-c3ccco3)o2)C1. The third-order valence-electron chi connectivity index (χ3n) is 3.47. The molecule has 1 amide bonds. The molecule has 1 fully saturated rings. The Morgan fingerprint density at radius 1 is 1.50 bits per heavy atom. The van der Waals surface area contributed by atoms with E-state index < -0.39 is 0 Å². The lowest BCUT2D eigenvalue weighted by Gasteiger charge is -2.29. The monoisotopic (exact) mass is 276 g/mol. The molecule has 1 aliphatic heterocycles. The zero-order valence-electron chi connectivity index (χ0n) is 11.0. The van der Waals surface area contributed by atoms with Crippen molar-refractivity contribution in [1.29, 1.82) is 0 Å². The Morgan fingerprint density at radius 3 is 3.15 bits per heavy atom. The van der Waals surface area contributed by atoms with Crippen molar-refractivity contribution in [3.63, 3.8) is 0 Å². The number of nitrogens with two attached hydrogens (primary N) is 1. The minimum atomic E-state index is -0.239. The van der Waals surface area contributed by atoms with Crippen LogP contribution >= 0.6 is 0 Å². The molecule has 0 unspecified atom stereocenters. The van der Waals surface area contributed by atoms with Gasteiger partial charge in [0.25, 0.3) is 5.89 Å². The number of piperidine rings is 1. The van der Waals surface area contributed by atoms with E-state index in [-0.39, 0.29) is 11.8 Å². The van der Waals surface area contributed by atoms with E-state index in [1.165, 1.54) is 0 Å². The average molecular weight is 276 g/mol. The first-order valence-corrected chi connectivity index (χ1v) is 6.60. The first kappa shape index (κ1) is 12.9. The van der Waals surface area contributed by atoms with E-state index in [2.05, 4.69) is 15.1 Å². The largest absolute Gasteiger partial charge is 0.459 e. The molecule has 0 bridgehead atoms. The van der Waals surface area contributed by atoms with Gasteiger partial charge < -0.3 is 14.6 Å². The van der Waals surface area contributed by atoms with Gasteiger partial charge in [0.2, 0.25) is 11.8 Å². The Hall–Kier alpha value is -2.15. The van der Waals surface area contributed by atoms with E-state index in [4.69, 9.17) is 14.6 Å². The van der Waals surface area contributed by atoms with Crippen molar-refractivity contribution in [3.05, 3.63) is 24.3 Å². The Morgan fingerprint density at radius 2 is 2.40 bits per heavy atom. The summed E-state index contributed by atoms with van der Waals surface area (Å²) < 4.78 is 10.8. The maximum Gasteiger partial charge on any atom is 0.283 e. The van der Waals surface area contributed by atoms with Crippen LogP contribution in [0, 0.1) is 5.92 Å². The molecule has 0 aromatic carbocycles. The third-order valence-corrected chi connectivity index (χ3v) is 3.47. The summed E-state index contributed by atoms with van der Waals surface area (Å²) in [7, 11) is 0. The van der Waals surface area contributed by atoms with Crippen LogP contribution in [0.4, 0.5) is 0 Å². The summed E-state index contributed by atoms with van der Waals surface area (Å²) >= 11 is 0. The number of nitrogens with zero attached hydrogens (tertiary/aromatic N) is 3. The summed E-state index contributed by atoms with van der Waals surface area (Å²) in [6.45, 7) is 2.08. The molecule has 7 heteroatoms. The van der Waals surface area contributed by atoms with Crippen LogP contribution in [0.15, 0.2) is 27.2 Å². The maximum absolute atomic E-state index is 11.2. The number of likely N-dealkylation sites (tertiary alicyclic amines) is 1. The van der Waals surface area contributed by atoms with Gasteiger partial charge in [-0.05, 0) is 31.5 Å². The van der Waals surface area contributed by atoms with E-state index in [1.54, 1.807) is 18.4 Å². The number of primary amides is 1. The third kappa shape index (κ3) is 2.72. The van der Waals surface area contributed by atoms with Crippen LogP contribution in [0.3, 0.4) is 0 Å². The normalized spacial score (nSPS) is 20.1. The summed E-state index contributed by atoms with van der Waals surface area (Å²) in [5, 5.41) is 7.95. The second kappa shape index (κ2) is 5.46. The van der Waals surface area contributed by atoms with Crippen LogP contribution in [-0.4, -0.2) is 34.1 Å². The molecule has 7 nitrogen and oxygen atoms in total. The summed E-state index contributed by atoms with van der Waals surface area (Å²) in [6.07, 6.45) is 3.36. The van der Waals surface area contributed by atoms with Crippen molar-refractivity contribution in [1.82, 2.24) is 15.1 Å². The fourth-order valence-electron chi connectivity index (χ4n) is 2.44. The quantitative estimate of drug-likeness (QED) is 0.895. The van der Waals surface area contributed by atoms with Crippen LogP contribution in [0.1, 0.15) is 18.7 Å². The Bertz CT molecular complexity index is 578. The van der Waals surface area contributed by atoms with Gasteiger partial charge in [-0.1, -0.05) is 0 Å². The molecular formula is C13H16N4O3. The number of hydrogen-bond acceptors (Lipinski definition) is 6. The van der Waals surface area contributed by atoms with E-state index in [0.29, 0.717) is 30.6 Å². The second-order valence-electron chi connectivity index (χ2n) is 4.95. The molecule has 2 aromatic heterocycles. The Balaban J connectivity index is 1.64. The Labute approximate surface area is 115 Å². The first-order chi connectivity index (χ1) is 9.72. The van der Waals surface area contributed by atoms with E-state index >= 15 is 0 Å². The second-order valence-corrected chi connectivity index (χ2v) is 4.95. The fourth-order valence-corrected chi connectivity index (χ4v) is 2.44. The molecule has 0 saturated carbocycles. The Kier molecular flexibility index (Phi) is 3.51. The van der Waals surface area contributed by atoms with Crippen LogP contribution in [-0.2, 0) is 11.3 Å². The summed E-state index contributed by atoms with van der Waals surface area (Å²) in [6, 6.07) is 3.53. The number of furan rings is 1. The maximum atomic E-state index is 11.2. The summed E-state index contributed by atoms with van der Waals surface area (Å²) in [4.78, 5) is 13.4. The molecular weight excluding hydrogens is 260 g/mol. The highest BCUT2D eigenvalue weighted by molar-refractivity contribution is 5.76. The molecule has 3 heterocycles. The molecule has 0 radical (unpaired) electrons. The van der Waals surface area contributed by atoms with Gasteiger partial charge in [0, 0.05) is 6.54 Å². The number of amides is 1. The molecule has 106 valence electrons. The van der Waals surface area contributed by atoms with E-state index in [0.717, 1.165) is 19.4 Å². The van der Waals surface area contributed by atoms with Gasteiger partial charge in [-0.3, -0.25) is 9.69 Å². The van der Waals surface area contributed by atoms with E-state index in [1.807, 2.05) is 0 Å². The molecule has 2 aromatic rings. The minimum absolute atomic E-state index is 0.0868. The van der Waals surface area contributed by atoms with Crippen molar-refractivity contribution in [2.75, 3.05) is 13.1 Å². The first-order valence-electron chi connectivity index (χ1n) is 6.60. The van der Waals surface area contributed by atoms with Crippen molar-refractivity contribution >= 4 is 5.91 Å². The minimum Gasteiger partial charge on any atom is -0.459 e. The molecule has 20 heavy (non-hydrogen) atoms. The van der Waals surface area contributed by atoms with Crippen LogP contribution in [0.5, 0.6) is 0 Å². The molecule has 1 saturated heterocycles. The highest BCUT2D eigenvalue weighted by Gasteiger charge is 2.25. The summed E-state index contributed by atoms with van der Waals surface area (Å²) in [5.74, 6) is 1.11. The standard InChI is InChI=1S/C13H16N4O3/c14-12(18)9-3-1-5-17(7-9)8-11-15-16-13(20-11)10-4-2-6-19-10/h2,4,6,9H,1,3,5,7-8H2,(H2,14,18)/t9-/m0/s1. The number of carbonyl (C=O) groups excluding carboxylic acids is 1. The van der Waals surface area contributed by atoms with Crippen LogP contribution < -0.4 is 5.73 Å². The smallest absolute Gasteiger partial charge is 0.283 e. The lowest BCUT2D eigenvalue weighted by molar-refractivity contribution is -0.123. The molecule has 0 aliphatic carbocycles. The highest BCUT2D eigenvalue weighted by Crippen LogP contribution is 2.21. The van der Waals surface area contributed by atoms with Gasteiger partial charge in [0.1, 0.15) is 0 Å². The van der Waals surface area contributed by atoms with Gasteiger partial charge in [-0.25, -0.2) is 0 Å². The van der Waals surface area contributed by atoms with E-state index in [9.17, 15) is 4.79 Å². The van der Waals surface area contributed by atoms with Crippen LogP contribution in [0.25, 0.3) is 11.7 Å². The number of carbonyl (C=O) groups is 1. The van der Waals surface area contributed by atoms with Crippen molar-refractivity contribution < 1.29 is 13.6 Å². The lowest BCUT2D eigenvalue weighted by Crippen LogP contribution is -2.40. The molecule has 1 aliphatic rings. The summed E-state index contributed by atoms with van der Waals surface area (Å²) in [5.41, 5.74) is 5.36. The number of rotatable bonds is 4. The number of aromatic nitrogens is 2. The number of hydrogen-bond donors (Lipinski definition) is 1. The predicted molar refractivity (Wildman–Crippen MR) is 69.2 cm³/mol. The molecule has 0 spiro atoms. The van der Waals surface area contributed by atoms with Crippen molar-refractivity contribution in [3.8, 4) is 11.7 Å². The fraction of sp³-hybridized carbons (Fsp3) is 0.462. The van der Waals surface area contributed by atoms with Crippen molar-refractivity contribution in [2.24, 2.45) is 11.7 Å². The predicted octanol–water partition coefficient (Wildman–Crippen LogP) is 1.03. The van der Waals surface area contributed by atoms with Crippen molar-refractivity contribution in [2.45, 2.75) is 19.4 Å². The zero-order valence-corrected chi connectivity index (χ0v) is 11.0. The topological polar surface area (TPSA) is 98.4 Å². The van der Waals surface area contributed by atoms with Gasteiger partial charge in [0.15, 0.2) is 5.76 Å². The average Bonchev–Trinajstić information content (AvgIpc) is 3.09. The van der Waals surface area contributed by atoms with Crippen LogP contribution in [0.2, 0.25) is 0 Å². The molecule has 1 atom stereocenters. The van der Waals surface area contributed by atoms with Gasteiger partial charge in [0.05, 0.1) is 18.7 Å². The van der Waals surface area contributed by atoms with Gasteiger partial charge >= 0.3 is 0 Å². The lowest BCUT2D eigenvalue weighted by atomic mass is 9.97. The molecule has 3 rings (SSSR count). The molecule has 2 N–H and O–H groups in total. The zero-order chi connectivity index (χ0) is 13.9. The van der Waals surface area contributed by atoms with Gasteiger partial charge in [-0.15, -0.1) is 10.2 Å². The van der Waals surface area contributed by atoms with Gasteiger partial charge in [-0.2, -0.15) is 0 Å².